The van der Waals surface area contributed by atoms with E-state index in [1.54, 1.807) is 0 Å². The molecule has 0 spiro atoms. The number of hydrogen-bond donors (Lipinski definition) is 1. The number of nitro groups is 1. The van der Waals surface area contributed by atoms with E-state index in [2.05, 4.69) is 5.32 Å². The van der Waals surface area contributed by atoms with Crippen LogP contribution in [0.25, 0.3) is 0 Å². The Morgan fingerprint density at radius 1 is 1.22 bits per heavy atom. The summed E-state index contributed by atoms with van der Waals surface area (Å²) in [7, 11) is 0. The van der Waals surface area contributed by atoms with Gasteiger partial charge in [-0.25, -0.2) is 0 Å². The smallest absolute Gasteiger partial charge is 0.288 e. The van der Waals surface area contributed by atoms with Crippen LogP contribution in [0.1, 0.15) is 16.8 Å². The molecule has 1 amide bonds. The second kappa shape index (κ2) is 6.43. The highest BCUT2D eigenvalue weighted by Crippen LogP contribution is 2.17. The summed E-state index contributed by atoms with van der Waals surface area (Å²) in [5.74, 6) is -0.413. The highest BCUT2D eigenvalue weighted by molar-refractivity contribution is 5.91. The van der Waals surface area contributed by atoms with Gasteiger partial charge in [-0.1, -0.05) is 12.1 Å². The maximum absolute atomic E-state index is 12.2. The summed E-state index contributed by atoms with van der Waals surface area (Å²) in [5, 5.41) is 13.7. The van der Waals surface area contributed by atoms with Crippen molar-refractivity contribution < 1.29 is 9.72 Å². The van der Waals surface area contributed by atoms with E-state index in [9.17, 15) is 19.7 Å². The van der Waals surface area contributed by atoms with Crippen molar-refractivity contribution in [1.82, 2.24) is 4.57 Å². The predicted molar refractivity (Wildman–Crippen MR) is 86.6 cm³/mol. The summed E-state index contributed by atoms with van der Waals surface area (Å²) >= 11 is 0. The monoisotopic (exact) mass is 315 g/mol. The lowest BCUT2D eigenvalue weighted by Crippen LogP contribution is -2.29. The molecule has 0 saturated carbocycles. The van der Waals surface area contributed by atoms with Crippen LogP contribution < -0.4 is 10.9 Å². The number of nitrogens with zero attached hydrogens (tertiary/aromatic N) is 2. The van der Waals surface area contributed by atoms with Gasteiger partial charge in [-0.2, -0.15) is 0 Å². The van der Waals surface area contributed by atoms with Gasteiger partial charge in [-0.15, -0.1) is 0 Å². The lowest BCUT2D eigenvalue weighted by atomic mass is 10.1. The van der Waals surface area contributed by atoms with E-state index in [0.29, 0.717) is 5.69 Å². The molecule has 23 heavy (non-hydrogen) atoms. The van der Waals surface area contributed by atoms with Gasteiger partial charge >= 0.3 is 0 Å². The van der Waals surface area contributed by atoms with Crippen molar-refractivity contribution in [3.63, 3.8) is 0 Å². The summed E-state index contributed by atoms with van der Waals surface area (Å²) in [6, 6.07) is 7.89. The molecule has 0 saturated heterocycles. The maximum atomic E-state index is 12.2. The van der Waals surface area contributed by atoms with Crippen LogP contribution in [0, 0.1) is 30.9 Å². The van der Waals surface area contributed by atoms with Gasteiger partial charge in [0.15, 0.2) is 0 Å². The normalized spacial score (nSPS) is 10.4. The fourth-order valence-corrected chi connectivity index (χ4v) is 2.26. The second-order valence-electron chi connectivity index (χ2n) is 5.35. The van der Waals surface area contributed by atoms with E-state index >= 15 is 0 Å². The molecule has 120 valence electrons. The summed E-state index contributed by atoms with van der Waals surface area (Å²) in [6.07, 6.45) is 0. The molecule has 1 aromatic carbocycles. The van der Waals surface area contributed by atoms with Crippen LogP contribution in [0.3, 0.4) is 0 Å². The van der Waals surface area contributed by atoms with Crippen molar-refractivity contribution >= 4 is 17.3 Å². The number of carbonyl (C=O) groups is 1. The van der Waals surface area contributed by atoms with Crippen LogP contribution in [-0.4, -0.2) is 15.4 Å². The minimum Gasteiger partial charge on any atom is -0.324 e. The van der Waals surface area contributed by atoms with Crippen LogP contribution in [0.4, 0.5) is 11.4 Å². The first-order chi connectivity index (χ1) is 10.8. The number of nitrogens with one attached hydrogen (secondary N) is 1. The fraction of sp³-hybridized carbons (Fsp3) is 0.250. The van der Waals surface area contributed by atoms with Gasteiger partial charge < -0.3 is 5.32 Å². The van der Waals surface area contributed by atoms with Crippen LogP contribution >= 0.6 is 0 Å². The number of benzene rings is 1. The largest absolute Gasteiger partial charge is 0.324 e. The molecular weight excluding hydrogens is 298 g/mol. The second-order valence-corrected chi connectivity index (χ2v) is 5.35. The zero-order chi connectivity index (χ0) is 17.1. The first kappa shape index (κ1) is 16.4. The van der Waals surface area contributed by atoms with Gasteiger partial charge in [-0.05, 0) is 38.0 Å². The lowest BCUT2D eigenvalue weighted by molar-refractivity contribution is -0.386. The first-order valence-electron chi connectivity index (χ1n) is 7.01. The SMILES string of the molecule is Cc1ccc(C)c(NC(=O)Cn2c(C)c([N+](=O)[O-])ccc2=O)c1. The Bertz CT molecular complexity index is 840. The molecule has 0 unspecified atom stereocenters. The molecule has 7 heteroatoms. The van der Waals surface area contributed by atoms with Crippen LogP contribution in [0.15, 0.2) is 35.1 Å². The Hall–Kier alpha value is -2.96. The molecule has 0 aliphatic carbocycles. The molecular formula is C16H17N3O4. The van der Waals surface area contributed by atoms with Gasteiger partial charge in [0, 0.05) is 17.8 Å². The van der Waals surface area contributed by atoms with E-state index in [4.69, 9.17) is 0 Å². The molecule has 1 heterocycles. The number of aromatic nitrogens is 1. The number of amides is 1. The van der Waals surface area contributed by atoms with Crippen molar-refractivity contribution in [3.8, 4) is 0 Å². The molecule has 2 rings (SSSR count). The molecule has 2 aromatic rings. The molecule has 0 aliphatic heterocycles. The third-order valence-corrected chi connectivity index (χ3v) is 3.59. The number of carbonyl (C=O) groups excluding carboxylic acids is 1. The molecule has 7 nitrogen and oxygen atoms in total. The number of hydrogen-bond acceptors (Lipinski definition) is 4. The number of anilines is 1. The quantitative estimate of drug-likeness (QED) is 0.692. The van der Waals surface area contributed by atoms with Gasteiger partial charge in [0.1, 0.15) is 6.54 Å². The Morgan fingerprint density at radius 3 is 2.57 bits per heavy atom. The zero-order valence-corrected chi connectivity index (χ0v) is 13.1. The zero-order valence-electron chi connectivity index (χ0n) is 13.1. The van der Waals surface area contributed by atoms with Crippen LogP contribution in [0.2, 0.25) is 0 Å². The summed E-state index contributed by atoms with van der Waals surface area (Å²) in [4.78, 5) is 34.4. The minimum absolute atomic E-state index is 0.151. The standard InChI is InChI=1S/C16H17N3O4/c1-10-4-5-11(2)13(8-10)17-15(20)9-18-12(3)14(19(22)23)6-7-16(18)21/h4-8H,9H2,1-3H3,(H,17,20). The number of aryl methyl sites for hydroxylation is 2. The third-order valence-electron chi connectivity index (χ3n) is 3.59. The van der Waals surface area contributed by atoms with E-state index in [1.165, 1.54) is 6.92 Å². The molecule has 0 radical (unpaired) electrons. The Labute approximate surface area is 132 Å². The van der Waals surface area contributed by atoms with Crippen LogP contribution in [0.5, 0.6) is 0 Å². The molecule has 1 N–H and O–H groups in total. The van der Waals surface area contributed by atoms with Crippen molar-refractivity contribution in [2.45, 2.75) is 27.3 Å². The molecule has 0 bridgehead atoms. The molecule has 0 fully saturated rings. The highest BCUT2D eigenvalue weighted by atomic mass is 16.6. The van der Waals surface area contributed by atoms with Crippen molar-refractivity contribution in [1.29, 1.82) is 0 Å². The minimum atomic E-state index is -0.576. The third kappa shape index (κ3) is 3.63. The molecule has 0 atom stereocenters. The van der Waals surface area contributed by atoms with Gasteiger partial charge in [-0.3, -0.25) is 24.3 Å². The van der Waals surface area contributed by atoms with Crippen molar-refractivity contribution in [2.24, 2.45) is 0 Å². The lowest BCUT2D eigenvalue weighted by Gasteiger charge is -2.12. The maximum Gasteiger partial charge on any atom is 0.288 e. The number of pyridine rings is 1. The van der Waals surface area contributed by atoms with E-state index in [-0.39, 0.29) is 17.9 Å². The van der Waals surface area contributed by atoms with Gasteiger partial charge in [0.2, 0.25) is 5.91 Å². The van der Waals surface area contributed by atoms with Gasteiger partial charge in [0.25, 0.3) is 11.2 Å². The van der Waals surface area contributed by atoms with Crippen LogP contribution in [-0.2, 0) is 11.3 Å². The van der Waals surface area contributed by atoms with Crippen molar-refractivity contribution in [2.75, 3.05) is 5.32 Å². The van der Waals surface area contributed by atoms with Crippen molar-refractivity contribution in [3.05, 3.63) is 67.6 Å². The van der Waals surface area contributed by atoms with E-state index in [0.717, 1.165) is 27.8 Å². The number of rotatable bonds is 4. The molecule has 1 aromatic heterocycles. The Morgan fingerprint density at radius 2 is 1.91 bits per heavy atom. The van der Waals surface area contributed by atoms with E-state index < -0.39 is 16.4 Å². The topological polar surface area (TPSA) is 94.2 Å². The highest BCUT2D eigenvalue weighted by Gasteiger charge is 2.17. The first-order valence-corrected chi connectivity index (χ1v) is 7.01. The predicted octanol–water partition coefficient (Wildman–Crippen LogP) is 2.32. The fourth-order valence-electron chi connectivity index (χ4n) is 2.26. The summed E-state index contributed by atoms with van der Waals surface area (Å²) in [5.41, 5.74) is 2.06. The van der Waals surface area contributed by atoms with E-state index in [1.807, 2.05) is 32.0 Å². The average molecular weight is 315 g/mol. The Balaban J connectivity index is 2.27. The van der Waals surface area contributed by atoms with Gasteiger partial charge in [0.05, 0.1) is 10.6 Å². The summed E-state index contributed by atoms with van der Waals surface area (Å²) in [6.45, 7) is 4.94. The summed E-state index contributed by atoms with van der Waals surface area (Å²) < 4.78 is 1.10. The Kier molecular flexibility index (Phi) is 4.59. The molecule has 0 aliphatic rings. The average Bonchev–Trinajstić information content (AvgIpc) is 2.47.